The number of carbonyl (C=O) groups excluding carboxylic acids is 1. The van der Waals surface area contributed by atoms with Gasteiger partial charge in [0.1, 0.15) is 0 Å². The van der Waals surface area contributed by atoms with Gasteiger partial charge in [-0.25, -0.2) is 0 Å². The van der Waals surface area contributed by atoms with Crippen LogP contribution >= 0.6 is 0 Å². The van der Waals surface area contributed by atoms with Gasteiger partial charge in [0.15, 0.2) is 0 Å². The fraction of sp³-hybridized carbons (Fsp3) is 0.842. The first-order valence-electron chi connectivity index (χ1n) is 9.10. The molecule has 5 aliphatic carbocycles. The summed E-state index contributed by atoms with van der Waals surface area (Å²) in [6.45, 7) is 2.30. The fourth-order valence-corrected chi connectivity index (χ4v) is 6.22. The maximum Gasteiger partial charge on any atom is 0.223 e. The third-order valence-electron chi connectivity index (χ3n) is 7.00. The van der Waals surface area contributed by atoms with Crippen LogP contribution in [0, 0.1) is 29.1 Å². The lowest BCUT2D eigenvalue weighted by Gasteiger charge is -2.59. The molecular weight excluding hydrogens is 258 g/mol. The first-order chi connectivity index (χ1) is 10.1. The van der Waals surface area contributed by atoms with E-state index in [4.69, 9.17) is 0 Å². The van der Waals surface area contributed by atoms with Crippen molar-refractivity contribution in [1.29, 1.82) is 0 Å². The zero-order valence-electron chi connectivity index (χ0n) is 13.3. The summed E-state index contributed by atoms with van der Waals surface area (Å²) in [5.41, 5.74) is 0.439. The molecule has 0 heterocycles. The Hall–Kier alpha value is -0.790. The van der Waals surface area contributed by atoms with Gasteiger partial charge in [-0.15, -0.1) is 0 Å². The summed E-state index contributed by atoms with van der Waals surface area (Å²) >= 11 is 0. The molecule has 1 amide bonds. The lowest BCUT2D eigenvalue weighted by molar-refractivity contribution is -0.129. The summed E-state index contributed by atoms with van der Waals surface area (Å²) in [6.07, 6.45) is 16.0. The lowest BCUT2D eigenvalue weighted by Crippen LogP contribution is -2.56. The van der Waals surface area contributed by atoms with Crippen molar-refractivity contribution < 1.29 is 4.79 Å². The summed E-state index contributed by atoms with van der Waals surface area (Å²) in [7, 11) is 0. The van der Waals surface area contributed by atoms with E-state index in [1.54, 1.807) is 0 Å². The van der Waals surface area contributed by atoms with Gasteiger partial charge in [-0.05, 0) is 87.9 Å². The van der Waals surface area contributed by atoms with Gasteiger partial charge >= 0.3 is 0 Å². The Morgan fingerprint density at radius 3 is 2.24 bits per heavy atom. The Labute approximate surface area is 128 Å². The van der Waals surface area contributed by atoms with Crippen LogP contribution in [0.5, 0.6) is 0 Å². The molecule has 0 spiro atoms. The monoisotopic (exact) mass is 287 g/mol. The van der Waals surface area contributed by atoms with Gasteiger partial charge in [-0.3, -0.25) is 4.79 Å². The van der Waals surface area contributed by atoms with E-state index in [1.807, 2.05) is 0 Å². The second kappa shape index (κ2) is 5.14. The number of hydrogen-bond acceptors (Lipinski definition) is 1. The van der Waals surface area contributed by atoms with E-state index < -0.39 is 0 Å². The Morgan fingerprint density at radius 1 is 1.10 bits per heavy atom. The molecule has 5 aliphatic rings. The molecule has 116 valence electrons. The van der Waals surface area contributed by atoms with E-state index in [2.05, 4.69) is 24.4 Å². The van der Waals surface area contributed by atoms with Crippen molar-refractivity contribution in [2.45, 2.75) is 70.8 Å². The van der Waals surface area contributed by atoms with Crippen LogP contribution < -0.4 is 5.32 Å². The van der Waals surface area contributed by atoms with Crippen LogP contribution in [0.25, 0.3) is 0 Å². The Morgan fingerprint density at radius 2 is 1.71 bits per heavy atom. The molecule has 2 nitrogen and oxygen atoms in total. The first kappa shape index (κ1) is 13.8. The SMILES string of the molecule is C[C@H](NC(=O)[C@@H]1CC=CCC1)C12CC3CC(CC(C3)C1)C2. The molecule has 4 bridgehead atoms. The van der Waals surface area contributed by atoms with Gasteiger partial charge < -0.3 is 5.32 Å². The van der Waals surface area contributed by atoms with Crippen LogP contribution in [-0.2, 0) is 4.79 Å². The molecule has 1 N–H and O–H groups in total. The van der Waals surface area contributed by atoms with Crippen LogP contribution in [0.4, 0.5) is 0 Å². The molecule has 0 unspecified atom stereocenters. The highest BCUT2D eigenvalue weighted by atomic mass is 16.1. The Bertz CT molecular complexity index is 417. The van der Waals surface area contributed by atoms with Gasteiger partial charge in [0, 0.05) is 12.0 Å². The molecule has 2 heteroatoms. The highest BCUT2D eigenvalue weighted by Gasteiger charge is 2.53. The molecule has 0 aromatic heterocycles. The van der Waals surface area contributed by atoms with Crippen molar-refractivity contribution in [3.05, 3.63) is 12.2 Å². The van der Waals surface area contributed by atoms with Gasteiger partial charge in [-0.1, -0.05) is 12.2 Å². The van der Waals surface area contributed by atoms with Crippen LogP contribution in [-0.4, -0.2) is 11.9 Å². The van der Waals surface area contributed by atoms with Crippen molar-refractivity contribution in [1.82, 2.24) is 5.32 Å². The third kappa shape index (κ3) is 2.45. The molecule has 0 aromatic rings. The average molecular weight is 287 g/mol. The van der Waals surface area contributed by atoms with E-state index >= 15 is 0 Å². The lowest BCUT2D eigenvalue weighted by atomic mass is 9.48. The van der Waals surface area contributed by atoms with Gasteiger partial charge in [0.2, 0.25) is 5.91 Å². The summed E-state index contributed by atoms with van der Waals surface area (Å²) in [5, 5.41) is 3.43. The van der Waals surface area contributed by atoms with Gasteiger partial charge in [-0.2, -0.15) is 0 Å². The fourth-order valence-electron chi connectivity index (χ4n) is 6.22. The van der Waals surface area contributed by atoms with Gasteiger partial charge in [0.25, 0.3) is 0 Å². The molecule has 0 aromatic carbocycles. The Balaban J connectivity index is 1.43. The smallest absolute Gasteiger partial charge is 0.223 e. The molecule has 5 rings (SSSR count). The molecule has 4 fully saturated rings. The van der Waals surface area contributed by atoms with Crippen molar-refractivity contribution in [3.63, 3.8) is 0 Å². The molecule has 0 aliphatic heterocycles. The maximum atomic E-state index is 12.6. The van der Waals surface area contributed by atoms with E-state index in [-0.39, 0.29) is 5.92 Å². The van der Waals surface area contributed by atoms with Crippen molar-refractivity contribution >= 4 is 5.91 Å². The molecule has 0 radical (unpaired) electrons. The minimum Gasteiger partial charge on any atom is -0.353 e. The van der Waals surface area contributed by atoms with Gasteiger partial charge in [0.05, 0.1) is 0 Å². The maximum absolute atomic E-state index is 12.6. The summed E-state index contributed by atoms with van der Waals surface area (Å²) in [4.78, 5) is 12.6. The molecule has 2 atom stereocenters. The summed E-state index contributed by atoms with van der Waals surface area (Å²) in [6, 6.07) is 0.379. The summed E-state index contributed by atoms with van der Waals surface area (Å²) in [5.74, 6) is 3.45. The summed E-state index contributed by atoms with van der Waals surface area (Å²) < 4.78 is 0. The van der Waals surface area contributed by atoms with E-state index in [0.717, 1.165) is 37.0 Å². The second-order valence-corrected chi connectivity index (χ2v) is 8.49. The van der Waals surface area contributed by atoms with Crippen molar-refractivity contribution in [3.8, 4) is 0 Å². The highest BCUT2D eigenvalue weighted by molar-refractivity contribution is 5.79. The molecular formula is C19H29NO. The third-order valence-corrected chi connectivity index (χ3v) is 7.00. The predicted molar refractivity (Wildman–Crippen MR) is 84.7 cm³/mol. The zero-order chi connectivity index (χ0) is 14.4. The van der Waals surface area contributed by atoms with Crippen LogP contribution in [0.2, 0.25) is 0 Å². The number of allylic oxidation sites excluding steroid dienone is 2. The van der Waals surface area contributed by atoms with Crippen LogP contribution in [0.3, 0.4) is 0 Å². The number of rotatable bonds is 3. The van der Waals surface area contributed by atoms with Crippen molar-refractivity contribution in [2.75, 3.05) is 0 Å². The number of hydrogen-bond donors (Lipinski definition) is 1. The van der Waals surface area contributed by atoms with E-state index in [1.165, 1.54) is 38.5 Å². The first-order valence-corrected chi connectivity index (χ1v) is 9.10. The zero-order valence-corrected chi connectivity index (χ0v) is 13.3. The second-order valence-electron chi connectivity index (χ2n) is 8.49. The molecule has 4 saturated carbocycles. The van der Waals surface area contributed by atoms with Crippen LogP contribution in [0.1, 0.15) is 64.7 Å². The number of amides is 1. The normalized spacial score (nSPS) is 45.6. The topological polar surface area (TPSA) is 29.1 Å². The highest BCUT2D eigenvalue weighted by Crippen LogP contribution is 2.61. The van der Waals surface area contributed by atoms with E-state index in [0.29, 0.717) is 17.4 Å². The minimum absolute atomic E-state index is 0.228. The molecule has 0 saturated heterocycles. The Kier molecular flexibility index (Phi) is 3.39. The number of nitrogens with one attached hydrogen (secondary N) is 1. The van der Waals surface area contributed by atoms with Crippen LogP contribution in [0.15, 0.2) is 12.2 Å². The average Bonchev–Trinajstić information content (AvgIpc) is 2.46. The molecule has 21 heavy (non-hydrogen) atoms. The quantitative estimate of drug-likeness (QED) is 0.779. The minimum atomic E-state index is 0.228. The predicted octanol–water partition coefficient (Wildman–Crippen LogP) is 4.06. The standard InChI is InChI=1S/C19H29NO/c1-13(20-18(21)17-5-3-2-4-6-17)19-10-14-7-15(11-19)9-16(8-14)12-19/h2-3,13-17H,4-12H2,1H3,(H,20,21)/t13-,14?,15?,16?,17+,19?/m0/s1. The number of carbonyl (C=O) groups is 1. The largest absolute Gasteiger partial charge is 0.353 e. The van der Waals surface area contributed by atoms with Crippen molar-refractivity contribution in [2.24, 2.45) is 29.1 Å². The van der Waals surface area contributed by atoms with E-state index in [9.17, 15) is 4.79 Å².